The lowest BCUT2D eigenvalue weighted by Crippen LogP contribution is -2.46. The second kappa shape index (κ2) is 20.2. The van der Waals surface area contributed by atoms with E-state index in [2.05, 4.69) is 34.4 Å². The molecule has 1 fully saturated rings. The lowest BCUT2D eigenvalue weighted by molar-refractivity contribution is -0.137. The molecule has 7 atom stereocenters. The number of nitrogens with two attached hydrogens (primary N) is 1. The number of imidazole rings is 1. The average Bonchev–Trinajstić information content (AvgIpc) is 3.64. The molecule has 0 spiro atoms. The third-order valence-corrected chi connectivity index (χ3v) is 11.5. The topological polar surface area (TPSA) is 401 Å². The lowest BCUT2D eigenvalue weighted by Gasteiger charge is -2.30. The predicted molar refractivity (Wildman–Crippen MR) is 193 cm³/mol. The van der Waals surface area contributed by atoms with Crippen LogP contribution >= 0.6 is 35.2 Å². The fourth-order valence-electron chi connectivity index (χ4n) is 4.84. The van der Waals surface area contributed by atoms with Crippen molar-refractivity contribution >= 4 is 75.1 Å². The highest BCUT2D eigenvalue weighted by Crippen LogP contribution is 2.61. The number of phosphoric ester groups is 3. The molecule has 11 N–H and O–H groups in total. The van der Waals surface area contributed by atoms with Gasteiger partial charge in [-0.1, -0.05) is 31.2 Å². The Bertz CT molecular complexity index is 1960. The summed E-state index contributed by atoms with van der Waals surface area (Å²) in [6.07, 6.45) is -6.25. The minimum absolute atomic E-state index is 0.0194. The fourth-order valence-corrected chi connectivity index (χ4v) is 8.43. The SMILES string of the molecule is CC(=CC(=O)O)CC(=O)SCCNC(=O)CCNC(=O)C(O)C(C)(C)COP(=O)(O)OP(=O)(O)OCC1OC(n2cnc3c(N)ncnc32)C(O)C1OP(=O)(O)O. The van der Waals surface area contributed by atoms with E-state index in [1.54, 1.807) is 0 Å². The molecule has 1 aliphatic rings. The zero-order valence-corrected chi connectivity index (χ0v) is 33.7. The Morgan fingerprint density at radius 2 is 1.74 bits per heavy atom. The molecule has 320 valence electrons. The number of aliphatic hydroxyl groups is 2. The number of carboxylic acid groups (broad SMARTS) is 1. The van der Waals surface area contributed by atoms with Crippen LogP contribution in [0.5, 0.6) is 0 Å². The van der Waals surface area contributed by atoms with E-state index in [-0.39, 0.29) is 53.8 Å². The molecule has 0 bridgehead atoms. The number of carboxylic acids is 1. The molecule has 1 aliphatic heterocycles. The molecule has 2 aromatic rings. The van der Waals surface area contributed by atoms with Gasteiger partial charge in [-0.05, 0) is 6.92 Å². The van der Waals surface area contributed by atoms with Crippen molar-refractivity contribution in [3.05, 3.63) is 24.3 Å². The van der Waals surface area contributed by atoms with Gasteiger partial charge >= 0.3 is 29.4 Å². The number of aliphatic hydroxyl groups excluding tert-OH is 2. The van der Waals surface area contributed by atoms with Gasteiger partial charge in [0.2, 0.25) is 11.8 Å². The first-order chi connectivity index (χ1) is 26.3. The standard InChI is InChI=1S/C27H42N7O19P3S/c1-14(8-17(36)37)9-18(38)57-7-6-29-16(35)4-5-30-25(41)22(40)27(2,3)11-50-56(47,48)53-55(45,46)49-10-15-21(52-54(42,43)44)20(39)26(51-15)34-13-33-19-23(28)31-12-32-24(19)34/h8,12-13,15,20-22,26,39-40H,4-7,9-11H2,1-3H3,(H,29,35)(H,30,41)(H,36,37)(H,45,46)(H,47,48)(H2,28,31,32)(H2,42,43,44). The Hall–Kier alpha value is -3.23. The smallest absolute Gasteiger partial charge is 0.478 e. The van der Waals surface area contributed by atoms with E-state index >= 15 is 0 Å². The number of phosphoric acid groups is 3. The van der Waals surface area contributed by atoms with Gasteiger partial charge in [0.1, 0.15) is 36.3 Å². The van der Waals surface area contributed by atoms with Gasteiger partial charge in [0.15, 0.2) is 22.8 Å². The summed E-state index contributed by atoms with van der Waals surface area (Å²) in [6.45, 7) is 1.72. The largest absolute Gasteiger partial charge is 0.481 e. The fraction of sp³-hybridized carbons (Fsp3) is 0.593. The summed E-state index contributed by atoms with van der Waals surface area (Å²) in [6, 6.07) is 0. The van der Waals surface area contributed by atoms with Crippen LogP contribution in [0.3, 0.4) is 0 Å². The summed E-state index contributed by atoms with van der Waals surface area (Å²) >= 11 is 0.892. The number of nitrogen functional groups attached to an aromatic ring is 1. The number of nitrogens with one attached hydrogen (secondary N) is 2. The van der Waals surface area contributed by atoms with Crippen LogP contribution in [-0.4, -0.2) is 134 Å². The van der Waals surface area contributed by atoms with Crippen LogP contribution in [0.2, 0.25) is 0 Å². The highest BCUT2D eigenvalue weighted by atomic mass is 32.2. The van der Waals surface area contributed by atoms with Crippen LogP contribution in [0.1, 0.15) is 39.8 Å². The van der Waals surface area contributed by atoms with Crippen LogP contribution in [0.25, 0.3) is 11.2 Å². The Kier molecular flexibility index (Phi) is 17.0. The van der Waals surface area contributed by atoms with Crippen LogP contribution in [-0.2, 0) is 55.5 Å². The molecule has 3 heterocycles. The van der Waals surface area contributed by atoms with Crippen molar-refractivity contribution in [1.29, 1.82) is 0 Å². The highest BCUT2D eigenvalue weighted by Gasteiger charge is 2.50. The first-order valence-corrected chi connectivity index (χ1v) is 21.8. The second-order valence-corrected chi connectivity index (χ2v) is 18.2. The number of aromatic nitrogens is 4. The Labute approximate surface area is 327 Å². The molecule has 57 heavy (non-hydrogen) atoms. The number of ether oxygens (including phenoxy) is 1. The van der Waals surface area contributed by atoms with E-state index in [4.69, 9.17) is 24.6 Å². The Morgan fingerprint density at radius 3 is 2.39 bits per heavy atom. The van der Waals surface area contributed by atoms with Gasteiger partial charge in [-0.3, -0.25) is 32.5 Å². The minimum Gasteiger partial charge on any atom is -0.478 e. The van der Waals surface area contributed by atoms with Crippen LogP contribution in [0, 0.1) is 5.41 Å². The van der Waals surface area contributed by atoms with Crippen molar-refractivity contribution in [3.63, 3.8) is 0 Å². The molecule has 3 rings (SSSR count). The lowest BCUT2D eigenvalue weighted by atomic mass is 9.87. The van der Waals surface area contributed by atoms with Crippen LogP contribution in [0.4, 0.5) is 5.82 Å². The molecule has 26 nitrogen and oxygen atoms in total. The van der Waals surface area contributed by atoms with E-state index in [0.29, 0.717) is 5.57 Å². The summed E-state index contributed by atoms with van der Waals surface area (Å²) in [4.78, 5) is 98.0. The predicted octanol–water partition coefficient (Wildman–Crippen LogP) is -0.914. The number of allylic oxidation sites excluding steroid dienone is 1. The number of anilines is 1. The van der Waals surface area contributed by atoms with Gasteiger partial charge in [0, 0.05) is 43.2 Å². The number of hydrogen-bond donors (Lipinski definition) is 10. The molecule has 1 saturated heterocycles. The number of fused-ring (bicyclic) bond motifs is 1. The van der Waals surface area contributed by atoms with E-state index in [1.165, 1.54) is 20.8 Å². The van der Waals surface area contributed by atoms with E-state index in [0.717, 1.165) is 35.1 Å². The van der Waals surface area contributed by atoms with Crippen molar-refractivity contribution < 1.29 is 90.4 Å². The second-order valence-electron chi connectivity index (χ2n) is 12.8. The van der Waals surface area contributed by atoms with Crippen LogP contribution < -0.4 is 16.4 Å². The molecule has 2 amide bonds. The Balaban J connectivity index is 1.48. The molecule has 30 heteroatoms. The van der Waals surface area contributed by atoms with Crippen molar-refractivity contribution in [1.82, 2.24) is 30.2 Å². The van der Waals surface area contributed by atoms with Crippen molar-refractivity contribution in [3.8, 4) is 0 Å². The molecular weight excluding hydrogens is 851 g/mol. The number of rotatable bonds is 22. The van der Waals surface area contributed by atoms with E-state index in [9.17, 15) is 62.7 Å². The first-order valence-electron chi connectivity index (χ1n) is 16.3. The molecule has 7 unspecified atom stereocenters. The summed E-state index contributed by atoms with van der Waals surface area (Å²) in [5.74, 6) is -2.55. The van der Waals surface area contributed by atoms with Crippen molar-refractivity contribution in [2.45, 2.75) is 64.3 Å². The normalized spacial score (nSPS) is 21.7. The summed E-state index contributed by atoms with van der Waals surface area (Å²) < 4.78 is 62.0. The van der Waals surface area contributed by atoms with Gasteiger partial charge in [-0.15, -0.1) is 0 Å². The number of carbonyl (C=O) groups is 4. The molecule has 2 aromatic heterocycles. The highest BCUT2D eigenvalue weighted by molar-refractivity contribution is 8.13. The number of nitrogens with zero attached hydrogens (tertiary/aromatic N) is 4. The number of thioether (sulfide) groups is 1. The van der Waals surface area contributed by atoms with Crippen molar-refractivity contribution in [2.24, 2.45) is 5.41 Å². The molecule has 0 radical (unpaired) electrons. The zero-order valence-electron chi connectivity index (χ0n) is 30.2. The van der Waals surface area contributed by atoms with Gasteiger partial charge in [-0.25, -0.2) is 33.4 Å². The number of amides is 2. The minimum atomic E-state index is -5.59. The maximum Gasteiger partial charge on any atom is 0.481 e. The summed E-state index contributed by atoms with van der Waals surface area (Å²) in [5, 5.41) is 34.6. The zero-order chi connectivity index (χ0) is 42.9. The quantitative estimate of drug-likeness (QED) is 0.0388. The Morgan fingerprint density at radius 1 is 1.07 bits per heavy atom. The molecular formula is C27H42N7O19P3S. The maximum absolute atomic E-state index is 12.7. The number of hydrogen-bond acceptors (Lipinski definition) is 19. The van der Waals surface area contributed by atoms with Gasteiger partial charge < -0.3 is 56.0 Å². The summed E-state index contributed by atoms with van der Waals surface area (Å²) in [7, 11) is -16.4. The van der Waals surface area contributed by atoms with E-state index < -0.39 is 90.5 Å². The third kappa shape index (κ3) is 15.1. The van der Waals surface area contributed by atoms with Crippen molar-refractivity contribution in [2.75, 3.05) is 37.8 Å². The number of carbonyl (C=O) groups excluding carboxylic acids is 3. The maximum atomic E-state index is 12.7. The van der Waals surface area contributed by atoms with E-state index in [1.807, 2.05) is 0 Å². The number of aliphatic carboxylic acids is 1. The monoisotopic (exact) mass is 893 g/mol. The van der Waals surface area contributed by atoms with Crippen LogP contribution in [0.15, 0.2) is 24.3 Å². The van der Waals surface area contributed by atoms with Gasteiger partial charge in [-0.2, -0.15) is 4.31 Å². The van der Waals surface area contributed by atoms with Gasteiger partial charge in [0.25, 0.3) is 0 Å². The third-order valence-electron chi connectivity index (χ3n) is 7.56. The molecule has 0 saturated carbocycles. The average molecular weight is 894 g/mol. The molecule has 0 aromatic carbocycles. The first kappa shape index (κ1) is 48.1. The summed E-state index contributed by atoms with van der Waals surface area (Å²) in [5.41, 5.74) is 4.56. The molecule has 0 aliphatic carbocycles. The van der Waals surface area contributed by atoms with Gasteiger partial charge in [0.05, 0.1) is 19.5 Å².